The fourth-order valence-corrected chi connectivity index (χ4v) is 4.06. The fourth-order valence-electron chi connectivity index (χ4n) is 4.06. The molecule has 0 amide bonds. The molecule has 0 spiro atoms. The molecule has 0 aromatic heterocycles. The predicted octanol–water partition coefficient (Wildman–Crippen LogP) is 3.10. The van der Waals surface area contributed by atoms with Crippen LogP contribution in [0, 0.1) is 0 Å². The van der Waals surface area contributed by atoms with E-state index in [1.807, 2.05) is 30.3 Å². The van der Waals surface area contributed by atoms with E-state index in [-0.39, 0.29) is 19.2 Å². The molecular weight excluding hydrogens is 440 g/mol. The van der Waals surface area contributed by atoms with Crippen molar-refractivity contribution in [3.8, 4) is 0 Å². The molecule has 1 aromatic rings. The molecule has 8 nitrogen and oxygen atoms in total. The number of hydrogen-bond acceptors (Lipinski definition) is 8. The zero-order chi connectivity index (χ0) is 24.6. The Morgan fingerprint density at radius 1 is 0.882 bits per heavy atom. The van der Waals surface area contributed by atoms with Crippen molar-refractivity contribution in [2.45, 2.75) is 102 Å². The summed E-state index contributed by atoms with van der Waals surface area (Å²) < 4.78 is 21.7. The van der Waals surface area contributed by atoms with Crippen LogP contribution in [0.3, 0.4) is 0 Å². The van der Waals surface area contributed by atoms with Crippen molar-refractivity contribution >= 4 is 5.97 Å². The summed E-state index contributed by atoms with van der Waals surface area (Å²) in [6.45, 7) is 0.270. The summed E-state index contributed by atoms with van der Waals surface area (Å²) in [6, 6.07) is 9.50. The van der Waals surface area contributed by atoms with Crippen molar-refractivity contribution in [2.24, 2.45) is 0 Å². The number of benzene rings is 1. The first-order valence-electron chi connectivity index (χ1n) is 12.5. The number of aliphatic hydroxyl groups excluding tert-OH is 3. The molecule has 0 aliphatic carbocycles. The first-order chi connectivity index (χ1) is 16.6. The highest BCUT2D eigenvalue weighted by molar-refractivity contribution is 5.68. The molecule has 5 atom stereocenters. The summed E-state index contributed by atoms with van der Waals surface area (Å²) in [5.74, 6) is -0.133. The summed E-state index contributed by atoms with van der Waals surface area (Å²) in [6.07, 6.45) is 5.05. The second kappa shape index (κ2) is 17.0. The molecule has 0 saturated carbocycles. The number of unbranched alkanes of at least 4 members (excludes halogenated alkanes) is 8. The van der Waals surface area contributed by atoms with E-state index < -0.39 is 30.7 Å². The minimum atomic E-state index is -1.15. The van der Waals surface area contributed by atoms with E-state index in [0.29, 0.717) is 13.0 Å². The second-order valence-electron chi connectivity index (χ2n) is 8.85. The fraction of sp³-hybridized carbons (Fsp3) is 0.731. The molecule has 0 bridgehead atoms. The predicted molar refractivity (Wildman–Crippen MR) is 127 cm³/mol. The third kappa shape index (κ3) is 10.4. The number of methoxy groups -OCH3 is 1. The monoisotopic (exact) mass is 482 g/mol. The van der Waals surface area contributed by atoms with Gasteiger partial charge in [0.25, 0.3) is 0 Å². The molecule has 1 heterocycles. The molecule has 1 fully saturated rings. The van der Waals surface area contributed by atoms with Crippen LogP contribution in [0.2, 0.25) is 0 Å². The maximum absolute atomic E-state index is 11.1. The van der Waals surface area contributed by atoms with Gasteiger partial charge in [-0.15, -0.1) is 0 Å². The molecule has 0 radical (unpaired) electrons. The Balaban J connectivity index is 1.58. The van der Waals surface area contributed by atoms with Gasteiger partial charge in [-0.25, -0.2) is 0 Å². The summed E-state index contributed by atoms with van der Waals surface area (Å²) in [5.41, 5.74) is 0.924. The Bertz CT molecular complexity index is 655. The molecule has 0 unspecified atom stereocenters. The van der Waals surface area contributed by atoms with Crippen LogP contribution in [-0.4, -0.2) is 72.3 Å². The lowest BCUT2D eigenvalue weighted by Gasteiger charge is -2.41. The van der Waals surface area contributed by atoms with Crippen molar-refractivity contribution in [3.05, 3.63) is 35.9 Å². The third-order valence-electron chi connectivity index (χ3n) is 6.14. The van der Waals surface area contributed by atoms with Gasteiger partial charge in [0.2, 0.25) is 0 Å². The van der Waals surface area contributed by atoms with Crippen LogP contribution in [-0.2, 0) is 30.3 Å². The highest BCUT2D eigenvalue weighted by atomic mass is 16.7. The van der Waals surface area contributed by atoms with Gasteiger partial charge in [-0.1, -0.05) is 75.3 Å². The van der Waals surface area contributed by atoms with E-state index in [1.54, 1.807) is 0 Å². The van der Waals surface area contributed by atoms with E-state index in [0.717, 1.165) is 50.5 Å². The normalized spacial score (nSPS) is 24.8. The maximum Gasteiger partial charge on any atom is 0.305 e. The number of ether oxygens (including phenoxy) is 4. The summed E-state index contributed by atoms with van der Waals surface area (Å²) in [4.78, 5) is 11.1. The molecule has 1 aliphatic rings. The number of esters is 1. The zero-order valence-corrected chi connectivity index (χ0v) is 20.3. The van der Waals surface area contributed by atoms with Gasteiger partial charge in [0.15, 0.2) is 6.29 Å². The summed E-state index contributed by atoms with van der Waals surface area (Å²) in [5, 5.41) is 30.7. The van der Waals surface area contributed by atoms with Gasteiger partial charge < -0.3 is 34.3 Å². The third-order valence-corrected chi connectivity index (χ3v) is 6.14. The van der Waals surface area contributed by atoms with Crippen molar-refractivity contribution in [2.75, 3.05) is 20.3 Å². The Labute approximate surface area is 203 Å². The van der Waals surface area contributed by atoms with Gasteiger partial charge in [0.1, 0.15) is 24.4 Å². The molecule has 1 aliphatic heterocycles. The van der Waals surface area contributed by atoms with Crippen molar-refractivity contribution in [3.63, 3.8) is 0 Å². The van der Waals surface area contributed by atoms with Crippen LogP contribution >= 0.6 is 0 Å². The molecule has 1 aromatic carbocycles. The van der Waals surface area contributed by atoms with Crippen LogP contribution in [0.1, 0.15) is 69.8 Å². The average Bonchev–Trinajstić information content (AvgIpc) is 2.86. The van der Waals surface area contributed by atoms with Gasteiger partial charge in [-0.3, -0.25) is 4.79 Å². The smallest absolute Gasteiger partial charge is 0.305 e. The number of carbonyl (C=O) groups is 1. The van der Waals surface area contributed by atoms with Gasteiger partial charge >= 0.3 is 5.97 Å². The molecular formula is C26H42O8. The Morgan fingerprint density at radius 2 is 1.50 bits per heavy atom. The van der Waals surface area contributed by atoms with Crippen LogP contribution in [0.4, 0.5) is 0 Å². The highest BCUT2D eigenvalue weighted by Gasteiger charge is 2.45. The van der Waals surface area contributed by atoms with Crippen LogP contribution < -0.4 is 0 Å². The van der Waals surface area contributed by atoms with E-state index in [1.165, 1.54) is 20.0 Å². The number of aliphatic hydroxyl groups is 3. The second-order valence-corrected chi connectivity index (χ2v) is 8.85. The largest absolute Gasteiger partial charge is 0.469 e. The zero-order valence-electron chi connectivity index (χ0n) is 20.3. The van der Waals surface area contributed by atoms with Crippen LogP contribution in [0.5, 0.6) is 0 Å². The van der Waals surface area contributed by atoms with E-state index >= 15 is 0 Å². The lowest BCUT2D eigenvalue weighted by atomic mass is 9.99. The Kier molecular flexibility index (Phi) is 14.3. The van der Waals surface area contributed by atoms with E-state index in [9.17, 15) is 20.1 Å². The quantitative estimate of drug-likeness (QED) is 0.229. The lowest BCUT2D eigenvalue weighted by Crippen LogP contribution is -2.60. The Morgan fingerprint density at radius 3 is 2.12 bits per heavy atom. The molecule has 1 saturated heterocycles. The summed E-state index contributed by atoms with van der Waals surface area (Å²) >= 11 is 0. The minimum Gasteiger partial charge on any atom is -0.469 e. The number of hydrogen-bond donors (Lipinski definition) is 3. The van der Waals surface area contributed by atoms with E-state index in [2.05, 4.69) is 4.74 Å². The SMILES string of the molecule is COC(=O)CCCCCCCCCCCO[C@H]1O[C@H](CO)[C@@H](O)[C@H](OCc2ccccc2)[C@H]1O. The first kappa shape index (κ1) is 28.7. The summed E-state index contributed by atoms with van der Waals surface area (Å²) in [7, 11) is 1.42. The molecule has 2 rings (SSSR count). The molecule has 194 valence electrons. The molecule has 3 N–H and O–H groups in total. The lowest BCUT2D eigenvalue weighted by molar-refractivity contribution is -0.309. The topological polar surface area (TPSA) is 115 Å². The average molecular weight is 483 g/mol. The molecule has 8 heteroatoms. The van der Waals surface area contributed by atoms with Gasteiger partial charge in [-0.2, -0.15) is 0 Å². The minimum absolute atomic E-state index is 0.133. The Hall–Kier alpha value is -1.55. The van der Waals surface area contributed by atoms with Crippen molar-refractivity contribution in [1.29, 1.82) is 0 Å². The van der Waals surface area contributed by atoms with Gasteiger partial charge in [0, 0.05) is 13.0 Å². The van der Waals surface area contributed by atoms with Crippen molar-refractivity contribution in [1.82, 2.24) is 0 Å². The van der Waals surface area contributed by atoms with Crippen LogP contribution in [0.25, 0.3) is 0 Å². The van der Waals surface area contributed by atoms with Gasteiger partial charge in [-0.05, 0) is 18.4 Å². The van der Waals surface area contributed by atoms with Crippen molar-refractivity contribution < 1.29 is 39.1 Å². The standard InChI is InChI=1S/C26H42O8/c1-31-22(28)16-12-7-5-3-2-4-6-8-13-17-32-26-24(30)25(23(29)21(18-27)34-26)33-19-20-14-10-9-11-15-20/h9-11,14-15,21,23-27,29-30H,2-8,12-13,16-19H2,1H3/t21-,23-,24-,25+,26+/m1/s1. The number of carbonyl (C=O) groups excluding carboxylic acids is 1. The number of rotatable bonds is 17. The molecule has 34 heavy (non-hydrogen) atoms. The van der Waals surface area contributed by atoms with Crippen LogP contribution in [0.15, 0.2) is 30.3 Å². The first-order valence-corrected chi connectivity index (χ1v) is 12.5. The van der Waals surface area contributed by atoms with Gasteiger partial charge in [0.05, 0.1) is 20.3 Å². The van der Waals surface area contributed by atoms with E-state index in [4.69, 9.17) is 14.2 Å². The maximum atomic E-state index is 11.1. The highest BCUT2D eigenvalue weighted by Crippen LogP contribution is 2.25.